The molecule has 19 heavy (non-hydrogen) atoms. The number of hydrogen-bond donors (Lipinski definition) is 0. The Bertz CT molecular complexity index is 413. The maximum absolute atomic E-state index is 12.1. The van der Waals surface area contributed by atoms with Crippen molar-refractivity contribution in [3.8, 4) is 0 Å². The molecule has 1 aliphatic heterocycles. The summed E-state index contributed by atoms with van der Waals surface area (Å²) in [5, 5.41) is 0. The molecule has 0 aromatic heterocycles. The fourth-order valence-corrected chi connectivity index (χ4v) is 2.25. The molecule has 0 bridgehead atoms. The van der Waals surface area contributed by atoms with Crippen molar-refractivity contribution in [1.29, 1.82) is 0 Å². The van der Waals surface area contributed by atoms with Gasteiger partial charge in [0.05, 0.1) is 13.2 Å². The molecule has 1 saturated heterocycles. The van der Waals surface area contributed by atoms with Gasteiger partial charge in [-0.05, 0) is 12.0 Å². The average molecular weight is 261 g/mol. The number of carbonyl (C=O) groups excluding carboxylic acids is 2. The summed E-state index contributed by atoms with van der Waals surface area (Å²) in [4.78, 5) is 25.0. The summed E-state index contributed by atoms with van der Waals surface area (Å²) in [5.74, 6) is -0.186. The minimum absolute atomic E-state index is 0.0522. The van der Waals surface area contributed by atoms with E-state index in [2.05, 4.69) is 0 Å². The van der Waals surface area contributed by atoms with Gasteiger partial charge in [-0.15, -0.1) is 0 Å². The van der Waals surface area contributed by atoms with E-state index in [-0.39, 0.29) is 11.8 Å². The van der Waals surface area contributed by atoms with Gasteiger partial charge in [0.25, 0.3) is 0 Å². The zero-order valence-electron chi connectivity index (χ0n) is 11.0. The standard InChI is InChI=1S/C15H19NO3/c17-12-14(10-13-4-2-1-3-5-13)11-15(18)16-6-8-19-9-7-16/h1-5,12,14H,6-11H2/t14-/m1/s1. The van der Waals surface area contributed by atoms with Crippen molar-refractivity contribution in [3.63, 3.8) is 0 Å². The van der Waals surface area contributed by atoms with Crippen molar-refractivity contribution in [2.45, 2.75) is 12.8 Å². The number of aldehydes is 1. The predicted molar refractivity (Wildman–Crippen MR) is 71.7 cm³/mol. The van der Waals surface area contributed by atoms with Crippen LogP contribution in [-0.2, 0) is 20.7 Å². The van der Waals surface area contributed by atoms with E-state index in [1.165, 1.54) is 0 Å². The topological polar surface area (TPSA) is 46.6 Å². The molecule has 0 aliphatic carbocycles. The van der Waals surface area contributed by atoms with Crippen LogP contribution in [0.25, 0.3) is 0 Å². The van der Waals surface area contributed by atoms with Crippen LogP contribution < -0.4 is 0 Å². The summed E-state index contributed by atoms with van der Waals surface area (Å²) in [6.07, 6.45) is 1.81. The number of rotatable bonds is 5. The zero-order chi connectivity index (χ0) is 13.5. The largest absolute Gasteiger partial charge is 0.378 e. The quantitative estimate of drug-likeness (QED) is 0.750. The van der Waals surface area contributed by atoms with Crippen LogP contribution in [0, 0.1) is 5.92 Å². The molecule has 0 unspecified atom stereocenters. The Kier molecular flexibility index (Phi) is 5.10. The first-order valence-electron chi connectivity index (χ1n) is 6.64. The number of morpholine rings is 1. The lowest BCUT2D eigenvalue weighted by atomic mass is 9.97. The summed E-state index contributed by atoms with van der Waals surface area (Å²) in [5.41, 5.74) is 1.09. The van der Waals surface area contributed by atoms with Crippen molar-refractivity contribution >= 4 is 12.2 Å². The van der Waals surface area contributed by atoms with Gasteiger partial charge in [0.2, 0.25) is 5.91 Å². The lowest BCUT2D eigenvalue weighted by Gasteiger charge is -2.27. The van der Waals surface area contributed by atoms with E-state index < -0.39 is 0 Å². The van der Waals surface area contributed by atoms with E-state index in [1.54, 1.807) is 4.90 Å². The van der Waals surface area contributed by atoms with Crippen molar-refractivity contribution in [2.24, 2.45) is 5.92 Å². The van der Waals surface area contributed by atoms with Gasteiger partial charge in [0, 0.05) is 25.4 Å². The second-order valence-electron chi connectivity index (χ2n) is 4.78. The van der Waals surface area contributed by atoms with Gasteiger partial charge >= 0.3 is 0 Å². The van der Waals surface area contributed by atoms with Gasteiger partial charge in [-0.25, -0.2) is 0 Å². The molecule has 4 heteroatoms. The summed E-state index contributed by atoms with van der Waals surface area (Å²) in [6.45, 7) is 2.46. The first-order chi connectivity index (χ1) is 9.29. The third-order valence-electron chi connectivity index (χ3n) is 3.33. The monoisotopic (exact) mass is 261 g/mol. The number of carbonyl (C=O) groups is 2. The second kappa shape index (κ2) is 7.04. The highest BCUT2D eigenvalue weighted by Crippen LogP contribution is 2.12. The van der Waals surface area contributed by atoms with Crippen LogP contribution in [0.4, 0.5) is 0 Å². The molecule has 1 aliphatic rings. The highest BCUT2D eigenvalue weighted by Gasteiger charge is 2.20. The van der Waals surface area contributed by atoms with Crippen LogP contribution in [-0.4, -0.2) is 43.4 Å². The number of nitrogens with zero attached hydrogens (tertiary/aromatic N) is 1. The second-order valence-corrected chi connectivity index (χ2v) is 4.78. The molecule has 0 radical (unpaired) electrons. The fourth-order valence-electron chi connectivity index (χ4n) is 2.25. The molecule has 102 valence electrons. The third-order valence-corrected chi connectivity index (χ3v) is 3.33. The number of benzene rings is 1. The van der Waals surface area contributed by atoms with E-state index in [9.17, 15) is 9.59 Å². The number of hydrogen-bond acceptors (Lipinski definition) is 3. The molecule has 1 amide bonds. The molecular weight excluding hydrogens is 242 g/mol. The average Bonchev–Trinajstić information content (AvgIpc) is 2.48. The maximum Gasteiger partial charge on any atom is 0.223 e. The van der Waals surface area contributed by atoms with E-state index in [0.29, 0.717) is 39.1 Å². The van der Waals surface area contributed by atoms with Crippen LogP contribution >= 0.6 is 0 Å². The predicted octanol–water partition coefficient (Wildman–Crippen LogP) is 1.29. The van der Waals surface area contributed by atoms with E-state index in [1.807, 2.05) is 30.3 Å². The van der Waals surface area contributed by atoms with Gasteiger partial charge in [-0.1, -0.05) is 30.3 Å². The highest BCUT2D eigenvalue weighted by atomic mass is 16.5. The van der Waals surface area contributed by atoms with Gasteiger partial charge < -0.3 is 14.4 Å². The Hall–Kier alpha value is -1.68. The Balaban J connectivity index is 1.88. The van der Waals surface area contributed by atoms with Gasteiger partial charge in [-0.2, -0.15) is 0 Å². The van der Waals surface area contributed by atoms with Crippen molar-refractivity contribution in [3.05, 3.63) is 35.9 Å². The van der Waals surface area contributed by atoms with E-state index in [0.717, 1.165) is 11.8 Å². The van der Waals surface area contributed by atoms with Gasteiger partial charge in [0.15, 0.2) is 0 Å². The molecule has 0 saturated carbocycles. The minimum atomic E-state index is -0.238. The summed E-state index contributed by atoms with van der Waals surface area (Å²) < 4.78 is 5.21. The molecule has 0 N–H and O–H groups in total. The molecule has 1 aromatic carbocycles. The Labute approximate surface area is 113 Å². The van der Waals surface area contributed by atoms with Crippen LogP contribution in [0.1, 0.15) is 12.0 Å². The van der Waals surface area contributed by atoms with Crippen LogP contribution in [0.2, 0.25) is 0 Å². The van der Waals surface area contributed by atoms with Crippen molar-refractivity contribution in [1.82, 2.24) is 4.90 Å². The van der Waals surface area contributed by atoms with Crippen LogP contribution in [0.3, 0.4) is 0 Å². The SMILES string of the molecule is O=C[C@@H](CC(=O)N1CCOCC1)Cc1ccccc1. The first-order valence-corrected chi connectivity index (χ1v) is 6.64. The van der Waals surface area contributed by atoms with E-state index in [4.69, 9.17) is 4.74 Å². The maximum atomic E-state index is 12.1. The van der Waals surface area contributed by atoms with Crippen LogP contribution in [0.15, 0.2) is 30.3 Å². The van der Waals surface area contributed by atoms with Crippen molar-refractivity contribution < 1.29 is 14.3 Å². The number of ether oxygens (including phenoxy) is 1. The Morgan fingerprint density at radius 2 is 1.95 bits per heavy atom. The highest BCUT2D eigenvalue weighted by molar-refractivity contribution is 5.79. The zero-order valence-corrected chi connectivity index (χ0v) is 11.0. The molecular formula is C15H19NO3. The normalized spacial score (nSPS) is 16.9. The van der Waals surface area contributed by atoms with Crippen molar-refractivity contribution in [2.75, 3.05) is 26.3 Å². The molecule has 1 atom stereocenters. The van der Waals surface area contributed by atoms with Gasteiger partial charge in [0.1, 0.15) is 6.29 Å². The first kappa shape index (κ1) is 13.7. The number of amides is 1. The minimum Gasteiger partial charge on any atom is -0.378 e. The summed E-state index contributed by atoms with van der Waals surface area (Å²) in [6, 6.07) is 9.80. The third kappa shape index (κ3) is 4.17. The lowest BCUT2D eigenvalue weighted by molar-refractivity contribution is -0.137. The molecule has 4 nitrogen and oxygen atoms in total. The smallest absolute Gasteiger partial charge is 0.223 e. The molecule has 1 fully saturated rings. The van der Waals surface area contributed by atoms with Gasteiger partial charge in [-0.3, -0.25) is 4.79 Å². The molecule has 1 aromatic rings. The summed E-state index contributed by atoms with van der Waals surface area (Å²) in [7, 11) is 0. The summed E-state index contributed by atoms with van der Waals surface area (Å²) >= 11 is 0. The Morgan fingerprint density at radius 3 is 2.58 bits per heavy atom. The molecule has 0 spiro atoms. The fraction of sp³-hybridized carbons (Fsp3) is 0.467. The van der Waals surface area contributed by atoms with E-state index >= 15 is 0 Å². The Morgan fingerprint density at radius 1 is 1.26 bits per heavy atom. The molecule has 1 heterocycles. The lowest BCUT2D eigenvalue weighted by Crippen LogP contribution is -2.41. The molecule has 2 rings (SSSR count). The van der Waals surface area contributed by atoms with Crippen LogP contribution in [0.5, 0.6) is 0 Å².